The molecule has 1 fully saturated rings. The zero-order valence-corrected chi connectivity index (χ0v) is 9.58. The molecule has 1 aromatic carbocycles. The van der Waals surface area contributed by atoms with Crippen LogP contribution in [0, 0.1) is 13.8 Å². The van der Waals surface area contributed by atoms with Crippen LogP contribution >= 0.6 is 0 Å². The van der Waals surface area contributed by atoms with Crippen LogP contribution in [0.4, 0.5) is 0 Å². The van der Waals surface area contributed by atoms with Gasteiger partial charge in [0.25, 0.3) is 0 Å². The fourth-order valence-corrected chi connectivity index (χ4v) is 2.17. The van der Waals surface area contributed by atoms with Crippen molar-refractivity contribution in [3.8, 4) is 5.75 Å². The highest BCUT2D eigenvalue weighted by atomic mass is 16.3. The van der Waals surface area contributed by atoms with Gasteiger partial charge in [-0.3, -0.25) is 4.90 Å². The first-order chi connectivity index (χ1) is 7.16. The molecular formula is C13H19NO. The average Bonchev–Trinajstić information content (AvgIpc) is 2.67. The lowest BCUT2D eigenvalue weighted by Crippen LogP contribution is -2.18. The van der Waals surface area contributed by atoms with E-state index >= 15 is 0 Å². The molecule has 0 amide bonds. The monoisotopic (exact) mass is 205 g/mol. The number of hydrogen-bond acceptors (Lipinski definition) is 2. The summed E-state index contributed by atoms with van der Waals surface area (Å²) >= 11 is 0. The number of aryl methyl sites for hydroxylation is 2. The second-order valence-corrected chi connectivity index (χ2v) is 4.55. The quantitative estimate of drug-likeness (QED) is 0.802. The minimum atomic E-state index is 0.449. The van der Waals surface area contributed by atoms with Crippen LogP contribution < -0.4 is 0 Å². The molecule has 2 rings (SSSR count). The molecule has 1 saturated heterocycles. The summed E-state index contributed by atoms with van der Waals surface area (Å²) in [5, 5.41) is 9.85. The molecule has 1 aliphatic heterocycles. The van der Waals surface area contributed by atoms with E-state index in [1.54, 1.807) is 0 Å². The normalized spacial score (nSPS) is 17.2. The van der Waals surface area contributed by atoms with E-state index in [0.717, 1.165) is 17.7 Å². The Balaban J connectivity index is 2.16. The van der Waals surface area contributed by atoms with Gasteiger partial charge in [0.1, 0.15) is 5.75 Å². The van der Waals surface area contributed by atoms with Gasteiger partial charge < -0.3 is 5.11 Å². The van der Waals surface area contributed by atoms with Gasteiger partial charge >= 0.3 is 0 Å². The van der Waals surface area contributed by atoms with E-state index in [-0.39, 0.29) is 0 Å². The Morgan fingerprint density at radius 1 is 1.13 bits per heavy atom. The Bertz CT molecular complexity index is 354. The van der Waals surface area contributed by atoms with Gasteiger partial charge in [0, 0.05) is 12.1 Å². The van der Waals surface area contributed by atoms with Gasteiger partial charge in [-0.05, 0) is 57.0 Å². The predicted octanol–water partition coefficient (Wildman–Crippen LogP) is 2.60. The standard InChI is InChI=1S/C13H19NO/c1-10-7-12(13(15)8-11(10)2)9-14-5-3-4-6-14/h7-8,15H,3-6,9H2,1-2H3. The second-order valence-electron chi connectivity index (χ2n) is 4.55. The molecule has 0 aromatic heterocycles. The first-order valence-corrected chi connectivity index (χ1v) is 5.68. The summed E-state index contributed by atoms with van der Waals surface area (Å²) in [5.41, 5.74) is 3.50. The molecule has 0 saturated carbocycles. The van der Waals surface area contributed by atoms with E-state index in [9.17, 15) is 5.11 Å². The Hall–Kier alpha value is -1.02. The van der Waals surface area contributed by atoms with E-state index in [1.165, 1.54) is 31.5 Å². The lowest BCUT2D eigenvalue weighted by atomic mass is 10.0. The zero-order chi connectivity index (χ0) is 10.8. The van der Waals surface area contributed by atoms with Gasteiger partial charge in [-0.2, -0.15) is 0 Å². The summed E-state index contributed by atoms with van der Waals surface area (Å²) in [6.07, 6.45) is 2.59. The zero-order valence-electron chi connectivity index (χ0n) is 9.58. The molecule has 1 N–H and O–H groups in total. The van der Waals surface area contributed by atoms with Gasteiger partial charge in [-0.25, -0.2) is 0 Å². The highest BCUT2D eigenvalue weighted by Gasteiger charge is 2.14. The number of benzene rings is 1. The maximum Gasteiger partial charge on any atom is 0.120 e. The number of phenolic OH excluding ortho intramolecular Hbond substituents is 1. The van der Waals surface area contributed by atoms with Crippen molar-refractivity contribution in [3.05, 3.63) is 28.8 Å². The second kappa shape index (κ2) is 4.23. The van der Waals surface area contributed by atoms with Crippen molar-refractivity contribution >= 4 is 0 Å². The Morgan fingerprint density at radius 3 is 2.40 bits per heavy atom. The van der Waals surface area contributed by atoms with Crippen LogP contribution in [0.25, 0.3) is 0 Å². The molecule has 1 heterocycles. The summed E-state index contributed by atoms with van der Waals surface area (Å²) in [7, 11) is 0. The minimum Gasteiger partial charge on any atom is -0.508 e. The third-order valence-corrected chi connectivity index (χ3v) is 3.29. The van der Waals surface area contributed by atoms with Gasteiger partial charge in [-0.15, -0.1) is 0 Å². The number of aromatic hydroxyl groups is 1. The first kappa shape index (κ1) is 10.5. The smallest absolute Gasteiger partial charge is 0.120 e. The fraction of sp³-hybridized carbons (Fsp3) is 0.538. The van der Waals surface area contributed by atoms with E-state index in [0.29, 0.717) is 5.75 Å². The number of nitrogens with zero attached hydrogens (tertiary/aromatic N) is 1. The third kappa shape index (κ3) is 2.32. The maximum atomic E-state index is 9.85. The van der Waals surface area contributed by atoms with E-state index < -0.39 is 0 Å². The third-order valence-electron chi connectivity index (χ3n) is 3.29. The Labute approximate surface area is 91.5 Å². The van der Waals surface area contributed by atoms with Crippen molar-refractivity contribution < 1.29 is 5.11 Å². The van der Waals surface area contributed by atoms with Gasteiger partial charge in [-0.1, -0.05) is 6.07 Å². The molecule has 1 aromatic rings. The highest BCUT2D eigenvalue weighted by molar-refractivity contribution is 5.40. The van der Waals surface area contributed by atoms with Crippen molar-refractivity contribution in [3.63, 3.8) is 0 Å². The minimum absolute atomic E-state index is 0.449. The summed E-state index contributed by atoms with van der Waals surface area (Å²) in [6.45, 7) is 7.38. The van der Waals surface area contributed by atoms with Crippen LogP contribution in [-0.2, 0) is 6.54 Å². The van der Waals surface area contributed by atoms with Gasteiger partial charge in [0.05, 0.1) is 0 Å². The van der Waals surface area contributed by atoms with Crippen molar-refractivity contribution in [2.24, 2.45) is 0 Å². The molecule has 0 aliphatic carbocycles. The van der Waals surface area contributed by atoms with Gasteiger partial charge in [0.2, 0.25) is 0 Å². The molecule has 0 unspecified atom stereocenters. The molecule has 0 radical (unpaired) electrons. The molecule has 0 bridgehead atoms. The van der Waals surface area contributed by atoms with E-state index in [2.05, 4.69) is 17.9 Å². The summed E-state index contributed by atoms with van der Waals surface area (Å²) in [5.74, 6) is 0.449. The van der Waals surface area contributed by atoms with E-state index in [1.807, 2.05) is 13.0 Å². The van der Waals surface area contributed by atoms with Crippen LogP contribution in [0.5, 0.6) is 5.75 Å². The molecular weight excluding hydrogens is 186 g/mol. The summed E-state index contributed by atoms with van der Waals surface area (Å²) in [4.78, 5) is 2.41. The molecule has 0 spiro atoms. The van der Waals surface area contributed by atoms with Crippen LogP contribution in [0.3, 0.4) is 0 Å². The molecule has 15 heavy (non-hydrogen) atoms. The predicted molar refractivity (Wildman–Crippen MR) is 62.1 cm³/mol. The molecule has 0 atom stereocenters. The molecule has 2 nitrogen and oxygen atoms in total. The first-order valence-electron chi connectivity index (χ1n) is 5.68. The lowest BCUT2D eigenvalue weighted by molar-refractivity contribution is 0.324. The van der Waals surface area contributed by atoms with Crippen molar-refractivity contribution in [1.82, 2.24) is 4.90 Å². The van der Waals surface area contributed by atoms with Gasteiger partial charge in [0.15, 0.2) is 0 Å². The highest BCUT2D eigenvalue weighted by Crippen LogP contribution is 2.24. The fourth-order valence-electron chi connectivity index (χ4n) is 2.17. The number of rotatable bonds is 2. The summed E-state index contributed by atoms with van der Waals surface area (Å²) < 4.78 is 0. The maximum absolute atomic E-state index is 9.85. The SMILES string of the molecule is Cc1cc(O)c(CN2CCCC2)cc1C. The van der Waals surface area contributed by atoms with Crippen LogP contribution in [-0.4, -0.2) is 23.1 Å². The van der Waals surface area contributed by atoms with E-state index in [4.69, 9.17) is 0 Å². The topological polar surface area (TPSA) is 23.5 Å². The largest absolute Gasteiger partial charge is 0.508 e. The Kier molecular flexibility index (Phi) is 2.96. The molecule has 2 heteroatoms. The lowest BCUT2D eigenvalue weighted by Gasteiger charge is -2.16. The number of hydrogen-bond donors (Lipinski definition) is 1. The average molecular weight is 205 g/mol. The van der Waals surface area contributed by atoms with Crippen LogP contribution in [0.2, 0.25) is 0 Å². The van der Waals surface area contributed by atoms with Crippen LogP contribution in [0.1, 0.15) is 29.5 Å². The number of phenols is 1. The molecule has 82 valence electrons. The van der Waals surface area contributed by atoms with Crippen LogP contribution in [0.15, 0.2) is 12.1 Å². The summed E-state index contributed by atoms with van der Waals surface area (Å²) in [6, 6.07) is 3.99. The Morgan fingerprint density at radius 2 is 1.73 bits per heavy atom. The molecule has 1 aliphatic rings. The van der Waals surface area contributed by atoms with Crippen molar-refractivity contribution in [1.29, 1.82) is 0 Å². The number of likely N-dealkylation sites (tertiary alicyclic amines) is 1. The van der Waals surface area contributed by atoms with Crippen molar-refractivity contribution in [2.45, 2.75) is 33.2 Å². The van der Waals surface area contributed by atoms with Crippen molar-refractivity contribution in [2.75, 3.05) is 13.1 Å².